The van der Waals surface area contributed by atoms with Crippen LogP contribution in [0.1, 0.15) is 44.4 Å². The molecule has 0 saturated carbocycles. The van der Waals surface area contributed by atoms with E-state index in [1.54, 1.807) is 7.11 Å². The number of rotatable bonds is 7. The van der Waals surface area contributed by atoms with E-state index in [0.29, 0.717) is 5.92 Å². The van der Waals surface area contributed by atoms with Crippen molar-refractivity contribution in [2.24, 2.45) is 5.92 Å². The third kappa shape index (κ3) is 4.07. The molecule has 0 amide bonds. The zero-order valence-electron chi connectivity index (χ0n) is 12.2. The van der Waals surface area contributed by atoms with Crippen molar-refractivity contribution >= 4 is 0 Å². The number of nitrogens with one attached hydrogen (secondary N) is 1. The maximum absolute atomic E-state index is 5.67. The average Bonchev–Trinajstić information content (AvgIpc) is 2.33. The van der Waals surface area contributed by atoms with Gasteiger partial charge < -0.3 is 10.1 Å². The number of aryl methyl sites for hydroxylation is 1. The van der Waals surface area contributed by atoms with E-state index in [4.69, 9.17) is 4.74 Å². The first kappa shape index (κ1) is 15.1. The number of pyridine rings is 1. The van der Waals surface area contributed by atoms with Gasteiger partial charge in [-0.1, -0.05) is 26.8 Å². The molecule has 1 rings (SSSR count). The van der Waals surface area contributed by atoms with Crippen LogP contribution >= 0.6 is 0 Å². The van der Waals surface area contributed by atoms with Gasteiger partial charge in [0.05, 0.1) is 12.1 Å². The third-order valence-corrected chi connectivity index (χ3v) is 3.13. The van der Waals surface area contributed by atoms with Gasteiger partial charge in [0.15, 0.2) is 0 Å². The summed E-state index contributed by atoms with van der Waals surface area (Å²) in [7, 11) is 1.79. The van der Waals surface area contributed by atoms with Crippen molar-refractivity contribution in [3.05, 3.63) is 29.6 Å². The molecule has 0 aliphatic heterocycles. The number of ether oxygens (including phenoxy) is 1. The summed E-state index contributed by atoms with van der Waals surface area (Å²) in [6.45, 7) is 9.63. The van der Waals surface area contributed by atoms with Crippen LogP contribution in [0, 0.1) is 12.8 Å². The molecule has 2 atom stereocenters. The summed E-state index contributed by atoms with van der Waals surface area (Å²) in [6.07, 6.45) is 5.11. The lowest BCUT2D eigenvalue weighted by Crippen LogP contribution is -2.37. The number of aromatic nitrogens is 1. The Balaban J connectivity index is 2.96. The van der Waals surface area contributed by atoms with Crippen molar-refractivity contribution in [1.29, 1.82) is 0 Å². The highest BCUT2D eigenvalue weighted by atomic mass is 16.5. The van der Waals surface area contributed by atoms with Gasteiger partial charge in [0.1, 0.15) is 0 Å². The van der Waals surface area contributed by atoms with Crippen molar-refractivity contribution in [3.63, 3.8) is 0 Å². The van der Waals surface area contributed by atoms with Gasteiger partial charge in [-0.3, -0.25) is 4.98 Å². The Morgan fingerprint density at radius 2 is 2.06 bits per heavy atom. The van der Waals surface area contributed by atoms with Crippen molar-refractivity contribution in [2.75, 3.05) is 13.7 Å². The molecule has 1 aromatic rings. The highest BCUT2D eigenvalue weighted by Gasteiger charge is 2.25. The first-order valence-electron chi connectivity index (χ1n) is 6.77. The molecule has 18 heavy (non-hydrogen) atoms. The van der Waals surface area contributed by atoms with Crippen molar-refractivity contribution in [2.45, 2.75) is 46.3 Å². The molecule has 0 aromatic carbocycles. The van der Waals surface area contributed by atoms with Crippen LogP contribution in [0.5, 0.6) is 0 Å². The van der Waals surface area contributed by atoms with Gasteiger partial charge in [0, 0.05) is 19.5 Å². The van der Waals surface area contributed by atoms with Crippen LogP contribution in [0.3, 0.4) is 0 Å². The lowest BCUT2D eigenvalue weighted by Gasteiger charge is -2.30. The van der Waals surface area contributed by atoms with Crippen molar-refractivity contribution in [3.8, 4) is 0 Å². The number of methoxy groups -OCH3 is 1. The topological polar surface area (TPSA) is 34.2 Å². The Labute approximate surface area is 111 Å². The normalized spacial score (nSPS) is 14.8. The van der Waals surface area contributed by atoms with Gasteiger partial charge in [-0.15, -0.1) is 0 Å². The molecule has 0 aliphatic carbocycles. The summed E-state index contributed by atoms with van der Waals surface area (Å²) < 4.78 is 5.67. The van der Waals surface area contributed by atoms with Gasteiger partial charge >= 0.3 is 0 Å². The van der Waals surface area contributed by atoms with E-state index in [9.17, 15) is 0 Å². The van der Waals surface area contributed by atoms with Gasteiger partial charge in [0.2, 0.25) is 0 Å². The SMILES string of the molecule is CCCNC(c1cncc(C)c1)C(OC)C(C)C. The monoisotopic (exact) mass is 250 g/mol. The molecule has 2 unspecified atom stereocenters. The molecule has 1 aromatic heterocycles. The third-order valence-electron chi connectivity index (χ3n) is 3.13. The minimum Gasteiger partial charge on any atom is -0.379 e. The van der Waals surface area contributed by atoms with Gasteiger partial charge in [-0.2, -0.15) is 0 Å². The van der Waals surface area contributed by atoms with Crippen LogP contribution in [0.25, 0.3) is 0 Å². The molecule has 1 N–H and O–H groups in total. The Bertz CT molecular complexity index is 352. The van der Waals surface area contributed by atoms with Crippen molar-refractivity contribution in [1.82, 2.24) is 10.3 Å². The second-order valence-corrected chi connectivity index (χ2v) is 5.17. The van der Waals surface area contributed by atoms with Crippen LogP contribution in [-0.4, -0.2) is 24.7 Å². The van der Waals surface area contributed by atoms with Gasteiger partial charge in [-0.05, 0) is 36.9 Å². The first-order chi connectivity index (χ1) is 8.60. The molecule has 0 aliphatic rings. The number of hydrogen-bond acceptors (Lipinski definition) is 3. The van der Waals surface area contributed by atoms with Crippen LogP contribution in [0.4, 0.5) is 0 Å². The highest BCUT2D eigenvalue weighted by molar-refractivity contribution is 5.21. The maximum Gasteiger partial charge on any atom is 0.0789 e. The maximum atomic E-state index is 5.67. The summed E-state index contributed by atoms with van der Waals surface area (Å²) >= 11 is 0. The Kier molecular flexibility index (Phi) is 6.30. The van der Waals surface area contributed by atoms with Crippen LogP contribution in [0.15, 0.2) is 18.5 Å². The second-order valence-electron chi connectivity index (χ2n) is 5.17. The molecule has 0 bridgehead atoms. The van der Waals surface area contributed by atoms with E-state index < -0.39 is 0 Å². The Hall–Kier alpha value is -0.930. The van der Waals surface area contributed by atoms with Gasteiger partial charge in [0.25, 0.3) is 0 Å². The van der Waals surface area contributed by atoms with E-state index in [0.717, 1.165) is 13.0 Å². The number of hydrogen-bond donors (Lipinski definition) is 1. The predicted molar refractivity (Wildman–Crippen MR) is 75.6 cm³/mol. The Morgan fingerprint density at radius 1 is 1.33 bits per heavy atom. The number of nitrogens with zero attached hydrogens (tertiary/aromatic N) is 1. The quantitative estimate of drug-likeness (QED) is 0.807. The molecule has 0 saturated heterocycles. The van der Waals surface area contributed by atoms with Crippen LogP contribution < -0.4 is 5.32 Å². The summed E-state index contributed by atoms with van der Waals surface area (Å²) in [4.78, 5) is 4.29. The molecule has 102 valence electrons. The molecule has 0 radical (unpaired) electrons. The molecule has 1 heterocycles. The smallest absolute Gasteiger partial charge is 0.0789 e. The zero-order chi connectivity index (χ0) is 13.5. The van der Waals surface area contributed by atoms with Crippen LogP contribution in [0.2, 0.25) is 0 Å². The molecule has 3 heteroatoms. The highest BCUT2D eigenvalue weighted by Crippen LogP contribution is 2.24. The lowest BCUT2D eigenvalue weighted by molar-refractivity contribution is 0.0325. The van der Waals surface area contributed by atoms with E-state index in [1.165, 1.54) is 11.1 Å². The minimum atomic E-state index is 0.167. The molecule has 0 fully saturated rings. The van der Waals surface area contributed by atoms with E-state index in [-0.39, 0.29) is 12.1 Å². The molecule has 0 spiro atoms. The Morgan fingerprint density at radius 3 is 2.56 bits per heavy atom. The predicted octanol–water partition coefficient (Wildman–Crippen LogP) is 3.10. The van der Waals surface area contributed by atoms with Crippen LogP contribution in [-0.2, 0) is 4.74 Å². The summed E-state index contributed by atoms with van der Waals surface area (Å²) in [6, 6.07) is 2.40. The molecular formula is C15H26N2O. The second kappa shape index (κ2) is 7.49. The lowest BCUT2D eigenvalue weighted by atomic mass is 9.93. The minimum absolute atomic E-state index is 0.167. The van der Waals surface area contributed by atoms with Gasteiger partial charge in [-0.25, -0.2) is 0 Å². The molecule has 3 nitrogen and oxygen atoms in total. The fourth-order valence-electron chi connectivity index (χ4n) is 2.27. The fraction of sp³-hybridized carbons (Fsp3) is 0.667. The fourth-order valence-corrected chi connectivity index (χ4v) is 2.27. The summed E-state index contributed by atoms with van der Waals surface area (Å²) in [5, 5.41) is 3.58. The molecular weight excluding hydrogens is 224 g/mol. The zero-order valence-corrected chi connectivity index (χ0v) is 12.2. The summed E-state index contributed by atoms with van der Waals surface area (Å²) in [5.74, 6) is 0.463. The van der Waals surface area contributed by atoms with E-state index in [1.807, 2.05) is 12.4 Å². The summed E-state index contributed by atoms with van der Waals surface area (Å²) in [5.41, 5.74) is 2.40. The van der Waals surface area contributed by atoms with Crippen molar-refractivity contribution < 1.29 is 4.74 Å². The first-order valence-corrected chi connectivity index (χ1v) is 6.77. The largest absolute Gasteiger partial charge is 0.379 e. The standard InChI is InChI=1S/C15H26N2O/c1-6-7-17-14(15(18-5)11(2)3)13-8-12(4)9-16-10-13/h8-11,14-15,17H,6-7H2,1-5H3. The average molecular weight is 250 g/mol. The van der Waals surface area contributed by atoms with E-state index in [2.05, 4.69) is 44.1 Å². The van der Waals surface area contributed by atoms with E-state index >= 15 is 0 Å².